The number of hydrogen-bond acceptors (Lipinski definition) is 8. The van der Waals surface area contributed by atoms with Crippen LogP contribution >= 0.6 is 11.3 Å². The molecule has 9 nitrogen and oxygen atoms in total. The summed E-state index contributed by atoms with van der Waals surface area (Å²) in [5.74, 6) is 0.444. The van der Waals surface area contributed by atoms with Gasteiger partial charge in [-0.15, -0.1) is 16.4 Å². The Labute approximate surface area is 256 Å². The number of fused-ring (bicyclic) bond motifs is 1. The maximum absolute atomic E-state index is 13.2. The van der Waals surface area contributed by atoms with Crippen molar-refractivity contribution in [2.45, 2.75) is 45.6 Å². The van der Waals surface area contributed by atoms with Crippen molar-refractivity contribution in [2.24, 2.45) is 7.05 Å². The molecular weight excluding hydrogens is 558 g/mol. The molecule has 1 saturated heterocycles. The molecule has 43 heavy (non-hydrogen) atoms. The number of amides is 1. The molecule has 1 aliphatic heterocycles. The molecule has 0 spiro atoms. The van der Waals surface area contributed by atoms with Crippen molar-refractivity contribution in [3.05, 3.63) is 85.6 Å². The number of nitrogens with one attached hydrogen (secondary N) is 2. The third-order valence-electron chi connectivity index (χ3n) is 8.51. The highest BCUT2D eigenvalue weighted by atomic mass is 32.1. The van der Waals surface area contributed by atoms with E-state index in [-0.39, 0.29) is 11.5 Å². The van der Waals surface area contributed by atoms with E-state index in [9.17, 15) is 9.59 Å². The van der Waals surface area contributed by atoms with Crippen LogP contribution in [0.1, 0.15) is 50.6 Å². The number of benzene rings is 1. The summed E-state index contributed by atoms with van der Waals surface area (Å²) in [6.45, 7) is 6.90. The average Bonchev–Trinajstić information content (AvgIpc) is 3.29. The molecule has 1 aromatic carbocycles. The Hall–Kier alpha value is -3.86. The fraction of sp³-hybridized carbons (Fsp3) is 0.394. The monoisotopic (exact) mass is 597 g/mol. The van der Waals surface area contributed by atoms with Crippen LogP contribution in [0.25, 0.3) is 11.1 Å². The fourth-order valence-corrected chi connectivity index (χ4v) is 7.03. The number of carbonyl (C=O) groups excluding carboxylic acids is 1. The van der Waals surface area contributed by atoms with Crippen molar-refractivity contribution in [3.63, 3.8) is 0 Å². The van der Waals surface area contributed by atoms with Gasteiger partial charge in [-0.2, -0.15) is 5.10 Å². The minimum Gasteiger partial charge on any atom is -0.334 e. The molecule has 0 atom stereocenters. The molecule has 2 aliphatic rings. The van der Waals surface area contributed by atoms with E-state index in [4.69, 9.17) is 0 Å². The second-order valence-electron chi connectivity index (χ2n) is 11.7. The minimum absolute atomic E-state index is 0.0733. The fourth-order valence-electron chi connectivity index (χ4n) is 5.88. The van der Waals surface area contributed by atoms with E-state index in [1.807, 2.05) is 49.5 Å². The van der Waals surface area contributed by atoms with Gasteiger partial charge < -0.3 is 20.1 Å². The van der Waals surface area contributed by atoms with Crippen molar-refractivity contribution in [1.29, 1.82) is 0 Å². The number of pyridine rings is 1. The highest BCUT2D eigenvalue weighted by Crippen LogP contribution is 2.32. The lowest BCUT2D eigenvalue weighted by Crippen LogP contribution is -2.44. The number of carbonyl (C=O) groups is 1. The van der Waals surface area contributed by atoms with Gasteiger partial charge in [-0.1, -0.05) is 18.6 Å². The topological polar surface area (TPSA) is 95.4 Å². The maximum Gasteiger partial charge on any atom is 0.274 e. The standard InChI is InChI=1S/C33H39N7O2S/c1-22-26(9-7-10-27(22)35-32(41)30-19-23-8-5-4-6-11-29(23)43-30)24-18-28(33(42)39(3)20-24)34-31-13-12-25(36-37-31)21-40-16-14-38(2)15-17-40/h7,9-10,12-13,18-20H,4-6,8,11,14-17,21H2,1-3H3,(H,34,37)(H,35,41). The molecule has 6 rings (SSSR count). The number of anilines is 3. The van der Waals surface area contributed by atoms with Crippen molar-refractivity contribution < 1.29 is 4.79 Å². The summed E-state index contributed by atoms with van der Waals surface area (Å²) in [6, 6.07) is 13.6. The predicted octanol–water partition coefficient (Wildman–Crippen LogP) is 5.22. The molecule has 2 N–H and O–H groups in total. The summed E-state index contributed by atoms with van der Waals surface area (Å²) in [5.41, 5.74) is 5.99. The molecular formula is C33H39N7O2S. The zero-order valence-corrected chi connectivity index (χ0v) is 26.0. The lowest BCUT2D eigenvalue weighted by Gasteiger charge is -2.31. The minimum atomic E-state index is -0.161. The van der Waals surface area contributed by atoms with Gasteiger partial charge in [0, 0.05) is 62.1 Å². The van der Waals surface area contributed by atoms with Crippen LogP contribution in [0.15, 0.2) is 53.5 Å². The third kappa shape index (κ3) is 6.71. The van der Waals surface area contributed by atoms with Crippen LogP contribution in [0.2, 0.25) is 0 Å². The van der Waals surface area contributed by atoms with E-state index in [1.165, 1.54) is 29.7 Å². The van der Waals surface area contributed by atoms with Gasteiger partial charge >= 0.3 is 0 Å². The molecule has 3 aromatic heterocycles. The van der Waals surface area contributed by atoms with Crippen LogP contribution in [0.3, 0.4) is 0 Å². The first-order chi connectivity index (χ1) is 20.8. The number of likely N-dealkylation sites (N-methyl/N-ethyl adjacent to an activating group) is 1. The van der Waals surface area contributed by atoms with Gasteiger partial charge in [-0.3, -0.25) is 14.5 Å². The zero-order valence-electron chi connectivity index (χ0n) is 25.2. The van der Waals surface area contributed by atoms with Crippen molar-refractivity contribution in [1.82, 2.24) is 24.6 Å². The van der Waals surface area contributed by atoms with E-state index in [0.717, 1.165) is 78.5 Å². The molecule has 10 heteroatoms. The van der Waals surface area contributed by atoms with E-state index in [0.29, 0.717) is 11.5 Å². The number of hydrogen-bond donors (Lipinski definition) is 2. The van der Waals surface area contributed by atoms with Gasteiger partial charge in [0.1, 0.15) is 5.69 Å². The molecule has 1 aliphatic carbocycles. The summed E-state index contributed by atoms with van der Waals surface area (Å²) in [6.07, 6.45) is 7.59. The molecule has 224 valence electrons. The second-order valence-corrected chi connectivity index (χ2v) is 12.9. The summed E-state index contributed by atoms with van der Waals surface area (Å²) in [7, 11) is 3.88. The average molecular weight is 598 g/mol. The summed E-state index contributed by atoms with van der Waals surface area (Å²) in [5, 5.41) is 15.1. The van der Waals surface area contributed by atoms with Crippen molar-refractivity contribution >= 4 is 34.4 Å². The van der Waals surface area contributed by atoms with Gasteiger partial charge in [0.15, 0.2) is 5.82 Å². The maximum atomic E-state index is 13.2. The van der Waals surface area contributed by atoms with Crippen LogP contribution in [0.5, 0.6) is 0 Å². The Bertz CT molecular complexity index is 1650. The molecule has 0 radical (unpaired) electrons. The lowest BCUT2D eigenvalue weighted by atomic mass is 10.00. The highest BCUT2D eigenvalue weighted by Gasteiger charge is 2.19. The first kappa shape index (κ1) is 29.2. The van der Waals surface area contributed by atoms with Gasteiger partial charge in [-0.25, -0.2) is 0 Å². The smallest absolute Gasteiger partial charge is 0.274 e. The van der Waals surface area contributed by atoms with Gasteiger partial charge in [-0.05, 0) is 86.7 Å². The Kier molecular flexibility index (Phi) is 8.69. The van der Waals surface area contributed by atoms with Crippen LogP contribution in [-0.4, -0.2) is 63.7 Å². The van der Waals surface area contributed by atoms with Crippen LogP contribution < -0.4 is 16.2 Å². The van der Waals surface area contributed by atoms with E-state index >= 15 is 0 Å². The lowest BCUT2D eigenvalue weighted by molar-refractivity contribution is 0.103. The predicted molar refractivity (Wildman–Crippen MR) is 173 cm³/mol. The van der Waals surface area contributed by atoms with Gasteiger partial charge in [0.25, 0.3) is 11.5 Å². The molecule has 4 heterocycles. The van der Waals surface area contributed by atoms with Gasteiger partial charge in [0.05, 0.1) is 10.6 Å². The number of aryl methyl sites for hydroxylation is 3. The quantitative estimate of drug-likeness (QED) is 0.282. The molecule has 0 saturated carbocycles. The largest absolute Gasteiger partial charge is 0.334 e. The number of nitrogens with zero attached hydrogens (tertiary/aromatic N) is 5. The second kappa shape index (κ2) is 12.8. The Balaban J connectivity index is 1.19. The number of thiophene rings is 1. The summed E-state index contributed by atoms with van der Waals surface area (Å²) < 4.78 is 1.57. The molecule has 4 aromatic rings. The number of rotatable bonds is 7. The Morgan fingerprint density at radius 1 is 0.953 bits per heavy atom. The number of aromatic nitrogens is 3. The molecule has 0 unspecified atom stereocenters. The normalized spacial score (nSPS) is 16.0. The van der Waals surface area contributed by atoms with Crippen LogP contribution in [0, 0.1) is 6.92 Å². The van der Waals surface area contributed by atoms with E-state index in [1.54, 1.807) is 23.0 Å². The SMILES string of the molecule is Cc1c(NC(=O)c2cc3c(s2)CCCCC3)cccc1-c1cc(Nc2ccc(CN3CCN(C)CC3)nn2)c(=O)n(C)c1. The summed E-state index contributed by atoms with van der Waals surface area (Å²) in [4.78, 5) is 33.1. The number of piperazine rings is 1. The first-order valence-electron chi connectivity index (χ1n) is 15.1. The van der Waals surface area contributed by atoms with Crippen molar-refractivity contribution in [3.8, 4) is 11.1 Å². The van der Waals surface area contributed by atoms with E-state index < -0.39 is 0 Å². The van der Waals surface area contributed by atoms with E-state index in [2.05, 4.69) is 43.7 Å². The molecule has 1 amide bonds. The Morgan fingerprint density at radius 2 is 1.77 bits per heavy atom. The van der Waals surface area contributed by atoms with Gasteiger partial charge in [0.2, 0.25) is 0 Å². The summed E-state index contributed by atoms with van der Waals surface area (Å²) >= 11 is 1.62. The molecule has 0 bridgehead atoms. The Morgan fingerprint density at radius 3 is 2.56 bits per heavy atom. The zero-order chi connectivity index (χ0) is 29.9. The first-order valence-corrected chi connectivity index (χ1v) is 15.9. The van der Waals surface area contributed by atoms with Crippen LogP contribution in [-0.2, 0) is 26.4 Å². The third-order valence-corrected chi connectivity index (χ3v) is 9.75. The van der Waals surface area contributed by atoms with Crippen molar-refractivity contribution in [2.75, 3.05) is 43.9 Å². The molecule has 1 fully saturated rings. The van der Waals surface area contributed by atoms with Crippen LogP contribution in [0.4, 0.5) is 17.2 Å². The highest BCUT2D eigenvalue weighted by molar-refractivity contribution is 7.14.